The van der Waals surface area contributed by atoms with Gasteiger partial charge >= 0.3 is 0 Å². The second-order valence-electron chi connectivity index (χ2n) is 9.07. The highest BCUT2D eigenvalue weighted by Crippen LogP contribution is 2.26. The maximum absolute atomic E-state index is 13.5. The first kappa shape index (κ1) is 21.4. The average Bonchev–Trinajstić information content (AvgIpc) is 3.44. The highest BCUT2D eigenvalue weighted by molar-refractivity contribution is 5.83. The zero-order chi connectivity index (χ0) is 22.9. The fraction of sp³-hybridized carbons (Fsp3) is 0.346. The van der Waals surface area contributed by atoms with E-state index in [-0.39, 0.29) is 5.43 Å². The van der Waals surface area contributed by atoms with Crippen LogP contribution in [0.25, 0.3) is 22.2 Å². The van der Waals surface area contributed by atoms with Crippen molar-refractivity contribution in [1.82, 2.24) is 24.2 Å². The SMILES string of the molecule is CCn1cc(-c2cnn(CCN(C)C)c2)c(=O)c2cc(NC3Cc4ccccc4C3)cnc21. The van der Waals surface area contributed by atoms with E-state index in [9.17, 15) is 4.79 Å². The van der Waals surface area contributed by atoms with Gasteiger partial charge in [0.2, 0.25) is 0 Å². The van der Waals surface area contributed by atoms with E-state index in [2.05, 4.69) is 51.5 Å². The normalized spacial score (nSPS) is 13.7. The largest absolute Gasteiger partial charge is 0.380 e. The van der Waals surface area contributed by atoms with Gasteiger partial charge in [-0.2, -0.15) is 5.10 Å². The number of likely N-dealkylation sites (N-methyl/N-ethyl adjacent to an activating group) is 1. The third-order valence-corrected chi connectivity index (χ3v) is 6.40. The molecule has 7 heteroatoms. The van der Waals surface area contributed by atoms with Crippen molar-refractivity contribution in [2.75, 3.05) is 26.0 Å². The van der Waals surface area contributed by atoms with E-state index < -0.39 is 0 Å². The van der Waals surface area contributed by atoms with Gasteiger partial charge in [-0.1, -0.05) is 24.3 Å². The van der Waals surface area contributed by atoms with E-state index >= 15 is 0 Å². The van der Waals surface area contributed by atoms with Gasteiger partial charge in [0.25, 0.3) is 0 Å². The molecule has 4 aromatic rings. The summed E-state index contributed by atoms with van der Waals surface area (Å²) in [7, 11) is 4.08. The Labute approximate surface area is 193 Å². The number of nitrogens with one attached hydrogen (secondary N) is 1. The number of hydrogen-bond acceptors (Lipinski definition) is 5. The van der Waals surface area contributed by atoms with Crippen molar-refractivity contribution >= 4 is 16.7 Å². The van der Waals surface area contributed by atoms with E-state index in [0.717, 1.165) is 43.7 Å². The van der Waals surface area contributed by atoms with E-state index in [1.807, 2.05) is 48.0 Å². The van der Waals surface area contributed by atoms with Crippen molar-refractivity contribution in [2.24, 2.45) is 0 Å². The molecule has 0 bridgehead atoms. The Bertz CT molecular complexity index is 1330. The van der Waals surface area contributed by atoms with E-state index in [4.69, 9.17) is 0 Å². The molecular weight excluding hydrogens is 412 g/mol. The van der Waals surface area contributed by atoms with Crippen LogP contribution in [-0.2, 0) is 25.9 Å². The molecule has 0 radical (unpaired) electrons. The van der Waals surface area contributed by atoms with Crippen LogP contribution in [0.2, 0.25) is 0 Å². The molecule has 3 heterocycles. The lowest BCUT2D eigenvalue weighted by Crippen LogP contribution is -2.20. The lowest BCUT2D eigenvalue weighted by Gasteiger charge is -2.15. The number of fused-ring (bicyclic) bond motifs is 2. The summed E-state index contributed by atoms with van der Waals surface area (Å²) in [4.78, 5) is 20.3. The van der Waals surface area contributed by atoms with Crippen LogP contribution in [0, 0.1) is 0 Å². The molecule has 0 atom stereocenters. The fourth-order valence-corrected chi connectivity index (χ4v) is 4.62. The molecule has 1 aliphatic carbocycles. The minimum atomic E-state index is -0.00674. The maximum Gasteiger partial charge on any atom is 0.199 e. The van der Waals surface area contributed by atoms with Crippen LogP contribution in [0.1, 0.15) is 18.1 Å². The molecule has 1 aromatic carbocycles. The zero-order valence-corrected chi connectivity index (χ0v) is 19.5. The van der Waals surface area contributed by atoms with Crippen molar-refractivity contribution in [3.63, 3.8) is 0 Å². The summed E-state index contributed by atoms with van der Waals surface area (Å²) in [5.74, 6) is 0. The van der Waals surface area contributed by atoms with Gasteiger partial charge in [0.05, 0.1) is 30.0 Å². The van der Waals surface area contributed by atoms with Crippen LogP contribution in [0.15, 0.2) is 59.9 Å². The molecule has 1 N–H and O–H groups in total. The molecule has 0 amide bonds. The second kappa shape index (κ2) is 8.83. The molecule has 5 rings (SSSR count). The molecule has 0 spiro atoms. The number of aromatic nitrogens is 4. The lowest BCUT2D eigenvalue weighted by atomic mass is 10.1. The fourth-order valence-electron chi connectivity index (χ4n) is 4.62. The third-order valence-electron chi connectivity index (χ3n) is 6.40. The lowest BCUT2D eigenvalue weighted by molar-refractivity contribution is 0.373. The minimum Gasteiger partial charge on any atom is -0.380 e. The van der Waals surface area contributed by atoms with Crippen LogP contribution in [0.4, 0.5) is 5.69 Å². The number of anilines is 1. The summed E-state index contributed by atoms with van der Waals surface area (Å²) < 4.78 is 3.93. The summed E-state index contributed by atoms with van der Waals surface area (Å²) in [5.41, 5.74) is 5.88. The molecule has 3 aromatic heterocycles. The molecule has 0 unspecified atom stereocenters. The molecule has 0 saturated heterocycles. The molecule has 0 fully saturated rings. The van der Waals surface area contributed by atoms with E-state index in [1.165, 1.54) is 11.1 Å². The molecule has 33 heavy (non-hydrogen) atoms. The number of rotatable bonds is 7. The number of benzene rings is 1. The van der Waals surface area contributed by atoms with Crippen LogP contribution in [0.3, 0.4) is 0 Å². The smallest absolute Gasteiger partial charge is 0.199 e. The van der Waals surface area contributed by atoms with Gasteiger partial charge in [0.15, 0.2) is 5.43 Å². The number of hydrogen-bond donors (Lipinski definition) is 1. The molecule has 7 nitrogen and oxygen atoms in total. The van der Waals surface area contributed by atoms with Crippen molar-refractivity contribution < 1.29 is 0 Å². The Hall–Kier alpha value is -3.45. The van der Waals surface area contributed by atoms with Crippen molar-refractivity contribution in [3.05, 3.63) is 76.5 Å². The van der Waals surface area contributed by atoms with Gasteiger partial charge in [0, 0.05) is 42.7 Å². The quantitative estimate of drug-likeness (QED) is 0.475. The molecule has 0 saturated carbocycles. The van der Waals surface area contributed by atoms with Gasteiger partial charge < -0.3 is 14.8 Å². The Morgan fingerprint density at radius 3 is 2.58 bits per heavy atom. The van der Waals surface area contributed by atoms with Crippen molar-refractivity contribution in [3.8, 4) is 11.1 Å². The van der Waals surface area contributed by atoms with Crippen LogP contribution in [-0.4, -0.2) is 50.9 Å². The highest BCUT2D eigenvalue weighted by Gasteiger charge is 2.21. The predicted octanol–water partition coefficient (Wildman–Crippen LogP) is 3.42. The Morgan fingerprint density at radius 1 is 1.12 bits per heavy atom. The van der Waals surface area contributed by atoms with Gasteiger partial charge in [-0.05, 0) is 51.1 Å². The van der Waals surface area contributed by atoms with Gasteiger partial charge in [0.1, 0.15) is 5.65 Å². The standard InChI is InChI=1S/C26H30N6O/c1-4-31-17-24(20-14-28-32(16-20)10-9-30(2)3)25(33)23-13-22(15-27-26(23)31)29-21-11-18-7-5-6-8-19(18)12-21/h5-8,13-17,21,29H,4,9-12H2,1-3H3. The van der Waals surface area contributed by atoms with Gasteiger partial charge in [-0.15, -0.1) is 0 Å². The minimum absolute atomic E-state index is 0.00674. The van der Waals surface area contributed by atoms with Crippen LogP contribution in [0.5, 0.6) is 0 Å². The van der Waals surface area contributed by atoms with Crippen molar-refractivity contribution in [2.45, 2.75) is 38.9 Å². The highest BCUT2D eigenvalue weighted by atomic mass is 16.1. The molecular formula is C26H30N6O. The number of aryl methyl sites for hydroxylation is 1. The van der Waals surface area contributed by atoms with E-state index in [1.54, 1.807) is 6.20 Å². The molecule has 1 aliphatic rings. The topological polar surface area (TPSA) is 68.0 Å². The summed E-state index contributed by atoms with van der Waals surface area (Å²) >= 11 is 0. The summed E-state index contributed by atoms with van der Waals surface area (Å²) in [5, 5.41) is 8.70. The third kappa shape index (κ3) is 4.28. The average molecular weight is 443 g/mol. The Morgan fingerprint density at radius 2 is 1.88 bits per heavy atom. The van der Waals surface area contributed by atoms with Crippen LogP contribution < -0.4 is 10.7 Å². The van der Waals surface area contributed by atoms with E-state index in [0.29, 0.717) is 22.6 Å². The Balaban J connectivity index is 1.47. The molecule has 170 valence electrons. The predicted molar refractivity (Wildman–Crippen MR) is 133 cm³/mol. The van der Waals surface area contributed by atoms with Gasteiger partial charge in [-0.25, -0.2) is 4.98 Å². The monoisotopic (exact) mass is 442 g/mol. The first-order chi connectivity index (χ1) is 16.0. The first-order valence-corrected chi connectivity index (χ1v) is 11.6. The zero-order valence-electron chi connectivity index (χ0n) is 19.5. The first-order valence-electron chi connectivity index (χ1n) is 11.6. The van der Waals surface area contributed by atoms with Crippen LogP contribution >= 0.6 is 0 Å². The number of nitrogens with zero attached hydrogens (tertiary/aromatic N) is 5. The van der Waals surface area contributed by atoms with Gasteiger partial charge in [-0.3, -0.25) is 9.48 Å². The maximum atomic E-state index is 13.5. The second-order valence-corrected chi connectivity index (χ2v) is 9.07. The molecule has 0 aliphatic heterocycles. The number of pyridine rings is 2. The van der Waals surface area contributed by atoms with Crippen molar-refractivity contribution in [1.29, 1.82) is 0 Å². The summed E-state index contributed by atoms with van der Waals surface area (Å²) in [6, 6.07) is 10.8. The summed E-state index contributed by atoms with van der Waals surface area (Å²) in [6.07, 6.45) is 9.46. The summed E-state index contributed by atoms with van der Waals surface area (Å²) in [6.45, 7) is 4.47. The Kier molecular flexibility index (Phi) is 5.72.